The monoisotopic (exact) mass is 459 g/mol. The first-order chi connectivity index (χ1) is 13.8. The van der Waals surface area contributed by atoms with Crippen LogP contribution in [0.4, 0.5) is 5.82 Å². The average molecular weight is 460 g/mol. The molecule has 0 aliphatic rings. The minimum Gasteiger partial charge on any atom is -0.459 e. The fraction of sp³-hybridized carbons (Fsp3) is 0.333. The molecule has 0 saturated heterocycles. The van der Waals surface area contributed by atoms with E-state index in [2.05, 4.69) is 15.6 Å². The van der Waals surface area contributed by atoms with Crippen LogP contribution in [-0.4, -0.2) is 47.4 Å². The summed E-state index contributed by atoms with van der Waals surface area (Å²) in [5.41, 5.74) is 0.563. The zero-order valence-corrected chi connectivity index (χ0v) is 18.0. The number of nitrogens with zero attached hydrogens (tertiary/aromatic N) is 1. The van der Waals surface area contributed by atoms with E-state index in [-0.39, 0.29) is 16.6 Å². The number of ether oxygens (including phenoxy) is 1. The Kier molecular flexibility index (Phi) is 8.81. The molecule has 0 radical (unpaired) electrons. The lowest BCUT2D eigenvalue weighted by atomic mass is 10.2. The summed E-state index contributed by atoms with van der Waals surface area (Å²) in [5, 5.41) is 5.56. The molecule has 29 heavy (non-hydrogen) atoms. The van der Waals surface area contributed by atoms with Crippen LogP contribution in [-0.2, 0) is 14.3 Å². The second kappa shape index (κ2) is 11.1. The summed E-state index contributed by atoms with van der Waals surface area (Å²) in [7, 11) is 0. The normalized spacial score (nSPS) is 11.6. The van der Waals surface area contributed by atoms with Crippen LogP contribution in [0.2, 0.25) is 10.0 Å². The van der Waals surface area contributed by atoms with E-state index < -0.39 is 30.4 Å². The first-order valence-corrected chi connectivity index (χ1v) is 10.6. The van der Waals surface area contributed by atoms with Gasteiger partial charge in [-0.1, -0.05) is 23.2 Å². The number of halogens is 2. The minimum absolute atomic E-state index is 0.0727. The van der Waals surface area contributed by atoms with Crippen LogP contribution in [0.25, 0.3) is 0 Å². The third kappa shape index (κ3) is 6.66. The van der Waals surface area contributed by atoms with Crippen LogP contribution >= 0.6 is 35.0 Å². The molecule has 156 valence electrons. The number of carbonyl (C=O) groups excluding carboxylic acids is 3. The molecule has 2 heterocycles. The van der Waals surface area contributed by atoms with Crippen molar-refractivity contribution in [2.45, 2.75) is 19.4 Å². The molecule has 0 aromatic carbocycles. The lowest BCUT2D eigenvalue weighted by Gasteiger charge is -2.16. The predicted molar refractivity (Wildman–Crippen MR) is 112 cm³/mol. The number of pyridine rings is 1. The van der Waals surface area contributed by atoms with Gasteiger partial charge in [0.25, 0.3) is 11.8 Å². The van der Waals surface area contributed by atoms with Gasteiger partial charge in [-0.15, -0.1) is 0 Å². The molecule has 0 unspecified atom stereocenters. The van der Waals surface area contributed by atoms with Gasteiger partial charge in [-0.25, -0.2) is 9.78 Å². The molecule has 0 saturated carbocycles. The molecule has 0 spiro atoms. The molecule has 11 heteroatoms. The Morgan fingerprint density at radius 3 is 2.76 bits per heavy atom. The van der Waals surface area contributed by atoms with E-state index in [1.165, 1.54) is 30.3 Å². The third-order valence-corrected chi connectivity index (χ3v) is 5.24. The third-order valence-electron chi connectivity index (χ3n) is 3.75. The highest BCUT2D eigenvalue weighted by Crippen LogP contribution is 2.28. The van der Waals surface area contributed by atoms with Crippen molar-refractivity contribution < 1.29 is 23.5 Å². The number of thioether (sulfide) groups is 1. The standard InChI is InChI=1S/C18H19Cl2N3O5S/c1-10-11(19)8-21-16(15(10)20)23-14(24)9-28-18(26)12(5-7-29-2)22-17(25)13-4-3-6-27-13/h3-4,6,8,12H,5,7,9H2,1-2H3,(H,22,25)(H,21,23,24)/t12-/m0/s1. The highest BCUT2D eigenvalue weighted by Gasteiger charge is 2.24. The average Bonchev–Trinajstić information content (AvgIpc) is 3.24. The van der Waals surface area contributed by atoms with E-state index in [9.17, 15) is 14.4 Å². The predicted octanol–water partition coefficient (Wildman–Crippen LogP) is 3.32. The number of amides is 2. The summed E-state index contributed by atoms with van der Waals surface area (Å²) in [6.07, 6.45) is 4.91. The van der Waals surface area contributed by atoms with Gasteiger partial charge < -0.3 is 19.8 Å². The van der Waals surface area contributed by atoms with Gasteiger partial charge in [0.05, 0.1) is 16.3 Å². The number of nitrogens with one attached hydrogen (secondary N) is 2. The number of anilines is 1. The Morgan fingerprint density at radius 1 is 1.34 bits per heavy atom. The molecule has 2 aromatic heterocycles. The van der Waals surface area contributed by atoms with Crippen molar-refractivity contribution in [2.24, 2.45) is 0 Å². The lowest BCUT2D eigenvalue weighted by Crippen LogP contribution is -2.43. The van der Waals surface area contributed by atoms with Gasteiger partial charge in [0.1, 0.15) is 6.04 Å². The highest BCUT2D eigenvalue weighted by molar-refractivity contribution is 7.98. The summed E-state index contributed by atoms with van der Waals surface area (Å²) in [5.74, 6) is -1.12. The zero-order valence-electron chi connectivity index (χ0n) is 15.7. The summed E-state index contributed by atoms with van der Waals surface area (Å²) < 4.78 is 10.1. The topological polar surface area (TPSA) is 111 Å². The van der Waals surface area contributed by atoms with E-state index >= 15 is 0 Å². The van der Waals surface area contributed by atoms with Gasteiger partial charge >= 0.3 is 5.97 Å². The molecule has 2 rings (SSSR count). The molecule has 0 aliphatic heterocycles. The van der Waals surface area contributed by atoms with E-state index in [0.29, 0.717) is 22.8 Å². The van der Waals surface area contributed by atoms with Crippen molar-refractivity contribution in [3.63, 3.8) is 0 Å². The summed E-state index contributed by atoms with van der Waals surface area (Å²) >= 11 is 13.5. The first-order valence-electron chi connectivity index (χ1n) is 8.43. The van der Waals surface area contributed by atoms with Gasteiger partial charge in [0.15, 0.2) is 18.2 Å². The van der Waals surface area contributed by atoms with Crippen molar-refractivity contribution >= 4 is 58.6 Å². The van der Waals surface area contributed by atoms with Crippen molar-refractivity contribution in [3.8, 4) is 0 Å². The lowest BCUT2D eigenvalue weighted by molar-refractivity contribution is -0.149. The van der Waals surface area contributed by atoms with Gasteiger partial charge in [-0.2, -0.15) is 11.8 Å². The molecule has 0 fully saturated rings. The maximum atomic E-state index is 12.4. The molecule has 2 amide bonds. The number of rotatable bonds is 9. The van der Waals surface area contributed by atoms with Gasteiger partial charge in [0.2, 0.25) is 0 Å². The summed E-state index contributed by atoms with van der Waals surface area (Å²) in [6.45, 7) is 1.12. The fourth-order valence-corrected chi connectivity index (χ4v) is 3.03. The van der Waals surface area contributed by atoms with Crippen molar-refractivity contribution in [1.82, 2.24) is 10.3 Å². The molecule has 2 aromatic rings. The number of esters is 1. The van der Waals surface area contributed by atoms with Crippen molar-refractivity contribution in [2.75, 3.05) is 23.9 Å². The van der Waals surface area contributed by atoms with Crippen LogP contribution in [0, 0.1) is 6.92 Å². The first kappa shape index (κ1) is 23.1. The Labute approximate surface area is 181 Å². The smallest absolute Gasteiger partial charge is 0.329 e. The van der Waals surface area contributed by atoms with Crippen LogP contribution in [0.3, 0.4) is 0 Å². The van der Waals surface area contributed by atoms with Crippen LogP contribution in [0.5, 0.6) is 0 Å². The summed E-state index contributed by atoms with van der Waals surface area (Å²) in [6, 6.07) is 2.11. The Morgan fingerprint density at radius 2 is 2.10 bits per heavy atom. The minimum atomic E-state index is -0.924. The van der Waals surface area contributed by atoms with Crippen molar-refractivity contribution in [3.05, 3.63) is 46.0 Å². The summed E-state index contributed by atoms with van der Waals surface area (Å²) in [4.78, 5) is 40.5. The zero-order chi connectivity index (χ0) is 21.4. The van der Waals surface area contributed by atoms with Crippen LogP contribution in [0.15, 0.2) is 29.0 Å². The number of hydrogen-bond acceptors (Lipinski definition) is 7. The Balaban J connectivity index is 1.93. The molecular weight excluding hydrogens is 441 g/mol. The fourth-order valence-electron chi connectivity index (χ4n) is 2.17. The molecule has 0 bridgehead atoms. The van der Waals surface area contributed by atoms with Crippen LogP contribution < -0.4 is 10.6 Å². The number of hydrogen-bond donors (Lipinski definition) is 2. The number of furan rings is 1. The Hall–Kier alpha value is -2.23. The highest BCUT2D eigenvalue weighted by atomic mass is 35.5. The van der Waals surface area contributed by atoms with Gasteiger partial charge in [0, 0.05) is 6.20 Å². The van der Waals surface area contributed by atoms with Crippen LogP contribution in [0.1, 0.15) is 22.5 Å². The van der Waals surface area contributed by atoms with Crippen molar-refractivity contribution in [1.29, 1.82) is 0 Å². The van der Waals surface area contributed by atoms with E-state index in [1.54, 1.807) is 13.0 Å². The van der Waals surface area contributed by atoms with Gasteiger partial charge in [-0.3, -0.25) is 9.59 Å². The maximum absolute atomic E-state index is 12.4. The molecular formula is C18H19Cl2N3O5S. The number of aromatic nitrogens is 1. The van der Waals surface area contributed by atoms with E-state index in [4.69, 9.17) is 32.4 Å². The second-order valence-corrected chi connectivity index (χ2v) is 7.61. The molecule has 1 atom stereocenters. The maximum Gasteiger partial charge on any atom is 0.329 e. The quantitative estimate of drug-likeness (QED) is 0.553. The van der Waals surface area contributed by atoms with Gasteiger partial charge in [-0.05, 0) is 43.0 Å². The number of carbonyl (C=O) groups is 3. The molecule has 8 nitrogen and oxygen atoms in total. The van der Waals surface area contributed by atoms with E-state index in [0.717, 1.165) is 0 Å². The second-order valence-electron chi connectivity index (χ2n) is 5.83. The SMILES string of the molecule is CSCC[C@H](NC(=O)c1ccco1)C(=O)OCC(=O)Nc1ncc(Cl)c(C)c1Cl. The van der Waals surface area contributed by atoms with E-state index in [1.807, 2.05) is 6.26 Å². The molecule has 2 N–H and O–H groups in total. The molecule has 0 aliphatic carbocycles. The Bertz CT molecular complexity index is 877. The largest absolute Gasteiger partial charge is 0.459 e.